The summed E-state index contributed by atoms with van der Waals surface area (Å²) in [7, 11) is 2.04. The van der Waals surface area contributed by atoms with Crippen LogP contribution >= 0.6 is 0 Å². The van der Waals surface area contributed by atoms with E-state index in [-0.39, 0.29) is 0 Å². The van der Waals surface area contributed by atoms with E-state index >= 15 is 0 Å². The molecule has 3 heteroatoms. The van der Waals surface area contributed by atoms with Gasteiger partial charge in [-0.15, -0.1) is 0 Å². The Morgan fingerprint density at radius 2 is 2.20 bits per heavy atom. The molecular weight excluding hydrogens is 188 g/mol. The number of rotatable bonds is 6. The lowest BCUT2D eigenvalue weighted by Crippen LogP contribution is -2.51. The number of ether oxygens (including phenoxy) is 1. The second kappa shape index (κ2) is 7.20. The van der Waals surface area contributed by atoms with Gasteiger partial charge in [0.1, 0.15) is 0 Å². The summed E-state index contributed by atoms with van der Waals surface area (Å²) in [6.07, 6.45) is 4.06. The molecule has 90 valence electrons. The van der Waals surface area contributed by atoms with Crippen molar-refractivity contribution in [1.29, 1.82) is 0 Å². The van der Waals surface area contributed by atoms with E-state index < -0.39 is 0 Å². The zero-order valence-corrected chi connectivity index (χ0v) is 10.5. The minimum atomic E-state index is 0.384. The van der Waals surface area contributed by atoms with Crippen LogP contribution in [-0.4, -0.2) is 50.3 Å². The van der Waals surface area contributed by atoms with Gasteiger partial charge in [0.2, 0.25) is 0 Å². The Kier molecular flexibility index (Phi) is 6.22. The molecule has 0 radical (unpaired) electrons. The molecule has 0 saturated carbocycles. The molecule has 0 aromatic heterocycles. The first kappa shape index (κ1) is 12.9. The number of hydrogen-bond donors (Lipinski definition) is 1. The summed E-state index contributed by atoms with van der Waals surface area (Å²) in [4.78, 5) is 2.52. The fourth-order valence-corrected chi connectivity index (χ4v) is 2.32. The molecule has 0 bridgehead atoms. The Hall–Kier alpha value is -0.120. The minimum Gasteiger partial charge on any atom is -0.374 e. The smallest absolute Gasteiger partial charge is 0.0855 e. The number of hydrogen-bond acceptors (Lipinski definition) is 3. The standard InChI is InChI=1S/C12H26N2O/c1-4-6-11(13-3)12-10-14(7-5-2)8-9-15-12/h11-13H,4-10H2,1-3H3. The maximum Gasteiger partial charge on any atom is 0.0855 e. The molecule has 1 N–H and O–H groups in total. The van der Waals surface area contributed by atoms with Crippen molar-refractivity contribution in [2.45, 2.75) is 45.3 Å². The Morgan fingerprint density at radius 1 is 1.40 bits per heavy atom. The van der Waals surface area contributed by atoms with Crippen LogP contribution in [0.4, 0.5) is 0 Å². The van der Waals surface area contributed by atoms with Crippen molar-refractivity contribution >= 4 is 0 Å². The summed E-state index contributed by atoms with van der Waals surface area (Å²) in [5, 5.41) is 3.38. The molecule has 2 atom stereocenters. The highest BCUT2D eigenvalue weighted by Gasteiger charge is 2.25. The number of morpholine rings is 1. The van der Waals surface area contributed by atoms with Gasteiger partial charge in [-0.25, -0.2) is 0 Å². The van der Waals surface area contributed by atoms with Crippen LogP contribution in [0.15, 0.2) is 0 Å². The van der Waals surface area contributed by atoms with Gasteiger partial charge in [-0.1, -0.05) is 20.3 Å². The Bertz CT molecular complexity index is 162. The van der Waals surface area contributed by atoms with Gasteiger partial charge < -0.3 is 10.1 Å². The van der Waals surface area contributed by atoms with E-state index in [9.17, 15) is 0 Å². The molecule has 0 amide bonds. The van der Waals surface area contributed by atoms with Crippen LogP contribution in [0.1, 0.15) is 33.1 Å². The van der Waals surface area contributed by atoms with Crippen LogP contribution in [0.2, 0.25) is 0 Å². The first-order valence-corrected chi connectivity index (χ1v) is 6.33. The largest absolute Gasteiger partial charge is 0.374 e. The Labute approximate surface area is 94.2 Å². The molecule has 1 aliphatic rings. The maximum atomic E-state index is 5.86. The first-order valence-electron chi connectivity index (χ1n) is 6.33. The molecule has 3 nitrogen and oxygen atoms in total. The Morgan fingerprint density at radius 3 is 2.80 bits per heavy atom. The monoisotopic (exact) mass is 214 g/mol. The predicted molar refractivity (Wildman–Crippen MR) is 64.2 cm³/mol. The van der Waals surface area contributed by atoms with Gasteiger partial charge in [0.05, 0.1) is 12.7 Å². The zero-order valence-electron chi connectivity index (χ0n) is 10.5. The van der Waals surface area contributed by atoms with Gasteiger partial charge in [-0.05, 0) is 26.4 Å². The number of nitrogens with one attached hydrogen (secondary N) is 1. The van der Waals surface area contributed by atoms with Gasteiger partial charge in [0, 0.05) is 19.1 Å². The van der Waals surface area contributed by atoms with Gasteiger partial charge in [-0.2, -0.15) is 0 Å². The normalized spacial score (nSPS) is 25.4. The third-order valence-electron chi connectivity index (χ3n) is 3.14. The van der Waals surface area contributed by atoms with Crippen LogP contribution in [0, 0.1) is 0 Å². The Balaban J connectivity index is 2.39. The highest BCUT2D eigenvalue weighted by molar-refractivity contribution is 4.81. The van der Waals surface area contributed by atoms with Crippen molar-refractivity contribution in [2.24, 2.45) is 0 Å². The van der Waals surface area contributed by atoms with Crippen LogP contribution in [0.25, 0.3) is 0 Å². The lowest BCUT2D eigenvalue weighted by atomic mass is 10.0. The van der Waals surface area contributed by atoms with Gasteiger partial charge in [-0.3, -0.25) is 4.90 Å². The quantitative estimate of drug-likeness (QED) is 0.725. The van der Waals surface area contributed by atoms with Gasteiger partial charge in [0.15, 0.2) is 0 Å². The molecule has 1 fully saturated rings. The molecule has 15 heavy (non-hydrogen) atoms. The molecular formula is C12H26N2O. The molecule has 2 unspecified atom stereocenters. The van der Waals surface area contributed by atoms with Crippen molar-refractivity contribution < 1.29 is 4.74 Å². The van der Waals surface area contributed by atoms with Crippen molar-refractivity contribution in [1.82, 2.24) is 10.2 Å². The average molecular weight is 214 g/mol. The highest BCUT2D eigenvalue weighted by Crippen LogP contribution is 2.12. The number of likely N-dealkylation sites (N-methyl/N-ethyl adjacent to an activating group) is 1. The molecule has 0 aromatic rings. The van der Waals surface area contributed by atoms with Crippen LogP contribution in [0.3, 0.4) is 0 Å². The zero-order chi connectivity index (χ0) is 11.1. The third-order valence-corrected chi connectivity index (χ3v) is 3.14. The minimum absolute atomic E-state index is 0.384. The third kappa shape index (κ3) is 4.09. The lowest BCUT2D eigenvalue weighted by molar-refractivity contribution is -0.0465. The topological polar surface area (TPSA) is 24.5 Å². The van der Waals surface area contributed by atoms with Gasteiger partial charge >= 0.3 is 0 Å². The molecule has 0 aromatic carbocycles. The van der Waals surface area contributed by atoms with E-state index in [0.717, 1.165) is 19.7 Å². The van der Waals surface area contributed by atoms with Crippen molar-refractivity contribution in [3.63, 3.8) is 0 Å². The summed E-state index contributed by atoms with van der Waals surface area (Å²) in [5.74, 6) is 0. The molecule has 1 aliphatic heterocycles. The summed E-state index contributed by atoms with van der Waals surface area (Å²) < 4.78 is 5.86. The van der Waals surface area contributed by atoms with E-state index in [1.807, 2.05) is 7.05 Å². The SMILES string of the molecule is CCCC(NC)C1CN(CCC)CCO1. The summed E-state index contributed by atoms with van der Waals surface area (Å²) in [6, 6.07) is 0.523. The van der Waals surface area contributed by atoms with Crippen molar-refractivity contribution in [3.05, 3.63) is 0 Å². The van der Waals surface area contributed by atoms with E-state index in [0.29, 0.717) is 12.1 Å². The second-order valence-corrected chi connectivity index (χ2v) is 4.39. The average Bonchev–Trinajstić information content (AvgIpc) is 2.27. The number of nitrogens with zero attached hydrogens (tertiary/aromatic N) is 1. The molecule has 1 rings (SSSR count). The van der Waals surface area contributed by atoms with E-state index in [1.54, 1.807) is 0 Å². The summed E-state index contributed by atoms with van der Waals surface area (Å²) in [5.41, 5.74) is 0. The van der Waals surface area contributed by atoms with E-state index in [4.69, 9.17) is 4.74 Å². The fraction of sp³-hybridized carbons (Fsp3) is 1.00. The highest BCUT2D eigenvalue weighted by atomic mass is 16.5. The molecule has 1 heterocycles. The lowest BCUT2D eigenvalue weighted by Gasteiger charge is -2.36. The molecule has 0 aliphatic carbocycles. The summed E-state index contributed by atoms with van der Waals surface area (Å²) in [6.45, 7) is 8.78. The van der Waals surface area contributed by atoms with Crippen molar-refractivity contribution in [3.8, 4) is 0 Å². The van der Waals surface area contributed by atoms with Crippen LogP contribution in [0.5, 0.6) is 0 Å². The van der Waals surface area contributed by atoms with E-state index in [1.165, 1.54) is 25.8 Å². The van der Waals surface area contributed by atoms with Crippen LogP contribution in [-0.2, 0) is 4.74 Å². The van der Waals surface area contributed by atoms with Crippen molar-refractivity contribution in [2.75, 3.05) is 33.3 Å². The van der Waals surface area contributed by atoms with Gasteiger partial charge in [0.25, 0.3) is 0 Å². The first-order chi connectivity index (χ1) is 7.31. The summed E-state index contributed by atoms with van der Waals surface area (Å²) >= 11 is 0. The second-order valence-electron chi connectivity index (χ2n) is 4.39. The fourth-order valence-electron chi connectivity index (χ4n) is 2.32. The maximum absolute atomic E-state index is 5.86. The molecule has 0 spiro atoms. The predicted octanol–water partition coefficient (Wildman–Crippen LogP) is 1.49. The molecule has 1 saturated heterocycles. The van der Waals surface area contributed by atoms with Crippen LogP contribution < -0.4 is 5.32 Å². The van der Waals surface area contributed by atoms with E-state index in [2.05, 4.69) is 24.1 Å².